The lowest BCUT2D eigenvalue weighted by Gasteiger charge is -2.20. The van der Waals surface area contributed by atoms with Crippen LogP contribution in [0.1, 0.15) is 23.4 Å². The Hall–Kier alpha value is -0.960. The van der Waals surface area contributed by atoms with Crippen molar-refractivity contribution in [3.8, 4) is 0 Å². The molecule has 0 saturated heterocycles. The van der Waals surface area contributed by atoms with Crippen molar-refractivity contribution in [1.29, 1.82) is 0 Å². The predicted octanol–water partition coefficient (Wildman–Crippen LogP) is 1.61. The van der Waals surface area contributed by atoms with Gasteiger partial charge in [0, 0.05) is 10.2 Å². The molecule has 1 heterocycles. The highest BCUT2D eigenvalue weighted by Gasteiger charge is 2.22. The lowest BCUT2D eigenvalue weighted by atomic mass is 10.0. The van der Waals surface area contributed by atoms with Gasteiger partial charge in [0.2, 0.25) is 0 Å². The minimum Gasteiger partial charge on any atom is -0.791 e. The Morgan fingerprint density at radius 2 is 1.89 bits per heavy atom. The quantitative estimate of drug-likeness (QED) is 0.784. The summed E-state index contributed by atoms with van der Waals surface area (Å²) in [5, 5.41) is 0.357. The summed E-state index contributed by atoms with van der Waals surface area (Å²) in [6, 6.07) is 8.57. The van der Waals surface area contributed by atoms with E-state index in [0.29, 0.717) is 5.30 Å². The van der Waals surface area contributed by atoms with Gasteiger partial charge in [-0.3, -0.25) is 0 Å². The number of aromatic nitrogens is 1. The first kappa shape index (κ1) is 12.1. The summed E-state index contributed by atoms with van der Waals surface area (Å²) in [6.07, 6.45) is 4.15. The van der Waals surface area contributed by atoms with Gasteiger partial charge in [-0.2, -0.15) is 0 Å². The molecule has 0 aliphatic heterocycles. The maximum atomic E-state index is 12.4. The van der Waals surface area contributed by atoms with E-state index in [1.165, 1.54) is 11.3 Å². The second-order valence-corrected chi connectivity index (χ2v) is 7.89. The van der Waals surface area contributed by atoms with Gasteiger partial charge < -0.3 is 9.46 Å². The molecule has 1 atom stereocenters. The van der Waals surface area contributed by atoms with E-state index < -0.39 is 7.37 Å². The summed E-state index contributed by atoms with van der Waals surface area (Å²) in [5.41, 5.74) is 0.994. The molecule has 3 nitrogen and oxygen atoms in total. The SMILES string of the molecule is O=P([O-])(c1ccccc1)c1nc2c(s1)CCCC2. The minimum atomic E-state index is -3.74. The first-order chi connectivity index (χ1) is 8.68. The third-order valence-corrected chi connectivity index (χ3v) is 6.72. The molecule has 5 heteroatoms. The molecule has 0 saturated carbocycles. The van der Waals surface area contributed by atoms with Crippen LogP contribution in [0.25, 0.3) is 0 Å². The van der Waals surface area contributed by atoms with Crippen molar-refractivity contribution < 1.29 is 9.46 Å². The van der Waals surface area contributed by atoms with Crippen molar-refractivity contribution in [2.24, 2.45) is 0 Å². The highest BCUT2D eigenvalue weighted by Crippen LogP contribution is 2.37. The van der Waals surface area contributed by atoms with Crippen LogP contribution >= 0.6 is 18.7 Å². The highest BCUT2D eigenvalue weighted by atomic mass is 32.1. The molecule has 0 N–H and O–H groups in total. The molecular weight excluding hydrogens is 265 g/mol. The van der Waals surface area contributed by atoms with E-state index in [9.17, 15) is 9.46 Å². The number of hydrogen-bond acceptors (Lipinski definition) is 4. The molecule has 0 spiro atoms. The molecule has 0 radical (unpaired) electrons. The summed E-state index contributed by atoms with van der Waals surface area (Å²) in [5.74, 6) is 0. The normalized spacial score (nSPS) is 18.1. The number of nitrogens with zero attached hydrogens (tertiary/aromatic N) is 1. The van der Waals surface area contributed by atoms with E-state index >= 15 is 0 Å². The smallest absolute Gasteiger partial charge is 0.143 e. The Labute approximate surface area is 110 Å². The molecule has 0 bridgehead atoms. The second kappa shape index (κ2) is 4.61. The maximum absolute atomic E-state index is 12.4. The van der Waals surface area contributed by atoms with Gasteiger partial charge >= 0.3 is 0 Å². The summed E-state index contributed by atoms with van der Waals surface area (Å²) in [7, 11) is -3.74. The summed E-state index contributed by atoms with van der Waals surface area (Å²) in [4.78, 5) is 17.9. The largest absolute Gasteiger partial charge is 0.791 e. The van der Waals surface area contributed by atoms with Crippen LogP contribution in [0.3, 0.4) is 0 Å². The molecule has 94 valence electrons. The van der Waals surface area contributed by atoms with Crippen molar-refractivity contribution in [2.75, 3.05) is 0 Å². The number of fused-ring (bicyclic) bond motifs is 1. The van der Waals surface area contributed by atoms with Crippen LogP contribution in [-0.2, 0) is 17.4 Å². The maximum Gasteiger partial charge on any atom is 0.143 e. The van der Waals surface area contributed by atoms with Crippen molar-refractivity contribution >= 4 is 28.8 Å². The zero-order valence-electron chi connectivity index (χ0n) is 9.83. The average Bonchev–Trinajstić information content (AvgIpc) is 2.84. The summed E-state index contributed by atoms with van der Waals surface area (Å²) in [6.45, 7) is 0. The Kier molecular flexibility index (Phi) is 3.10. The van der Waals surface area contributed by atoms with Crippen molar-refractivity contribution in [1.82, 2.24) is 4.98 Å². The van der Waals surface area contributed by atoms with Crippen LogP contribution in [0.2, 0.25) is 0 Å². The lowest BCUT2D eigenvalue weighted by Crippen LogP contribution is -2.24. The lowest BCUT2D eigenvalue weighted by molar-refractivity contribution is -0.167. The molecule has 1 aromatic carbocycles. The fraction of sp³-hybridized carbons (Fsp3) is 0.308. The third kappa shape index (κ3) is 2.05. The summed E-state index contributed by atoms with van der Waals surface area (Å²) < 4.78 is 12.7. The van der Waals surface area contributed by atoms with Gasteiger partial charge in [-0.05, 0) is 25.7 Å². The van der Waals surface area contributed by atoms with Gasteiger partial charge in [0.1, 0.15) is 12.1 Å². The first-order valence-corrected chi connectivity index (χ1v) is 8.48. The molecule has 18 heavy (non-hydrogen) atoms. The minimum absolute atomic E-state index is 0.278. The zero-order chi connectivity index (χ0) is 12.6. The number of rotatable bonds is 2. The van der Waals surface area contributed by atoms with Crippen LogP contribution in [-0.4, -0.2) is 4.98 Å². The molecule has 1 aromatic heterocycles. The van der Waals surface area contributed by atoms with Gasteiger partial charge in [0.05, 0.1) is 5.69 Å². The predicted molar refractivity (Wildman–Crippen MR) is 72.1 cm³/mol. The van der Waals surface area contributed by atoms with Crippen molar-refractivity contribution in [3.63, 3.8) is 0 Å². The van der Waals surface area contributed by atoms with Crippen LogP contribution < -0.4 is 14.9 Å². The van der Waals surface area contributed by atoms with Gasteiger partial charge in [0.25, 0.3) is 0 Å². The third-order valence-electron chi connectivity index (χ3n) is 3.18. The van der Waals surface area contributed by atoms with E-state index in [2.05, 4.69) is 4.98 Å². The molecular formula is C13H13NO2PS-. The number of hydrogen-bond donors (Lipinski definition) is 0. The number of aryl methyl sites for hydroxylation is 2. The molecule has 0 amide bonds. The summed E-state index contributed by atoms with van der Waals surface area (Å²) >= 11 is 1.35. The van der Waals surface area contributed by atoms with Crippen LogP contribution in [0, 0.1) is 0 Å². The van der Waals surface area contributed by atoms with Crippen molar-refractivity contribution in [3.05, 3.63) is 40.9 Å². The first-order valence-electron chi connectivity index (χ1n) is 6.04. The molecule has 1 unspecified atom stereocenters. The Morgan fingerprint density at radius 3 is 2.61 bits per heavy atom. The van der Waals surface area contributed by atoms with Crippen LogP contribution in [0.15, 0.2) is 30.3 Å². The molecule has 0 fully saturated rings. The molecule has 1 aliphatic rings. The topological polar surface area (TPSA) is 53.0 Å². The molecule has 1 aliphatic carbocycles. The van der Waals surface area contributed by atoms with Crippen molar-refractivity contribution in [2.45, 2.75) is 25.7 Å². The second-order valence-electron chi connectivity index (χ2n) is 4.46. The Bertz CT molecular complexity index is 585. The van der Waals surface area contributed by atoms with Crippen LogP contribution in [0.4, 0.5) is 0 Å². The Balaban J connectivity index is 2.04. The average molecular weight is 278 g/mol. The van der Waals surface area contributed by atoms with Crippen LogP contribution in [0.5, 0.6) is 0 Å². The number of thiazole rings is 1. The van der Waals surface area contributed by atoms with Gasteiger partial charge in [-0.15, -0.1) is 11.3 Å². The van der Waals surface area contributed by atoms with Gasteiger partial charge in [0.15, 0.2) is 0 Å². The van der Waals surface area contributed by atoms with Gasteiger partial charge in [-0.1, -0.05) is 30.3 Å². The molecule has 2 aromatic rings. The van der Waals surface area contributed by atoms with E-state index in [0.717, 1.165) is 36.3 Å². The van der Waals surface area contributed by atoms with E-state index in [1.54, 1.807) is 24.3 Å². The number of benzene rings is 1. The van der Waals surface area contributed by atoms with E-state index in [1.807, 2.05) is 6.07 Å². The van der Waals surface area contributed by atoms with E-state index in [4.69, 9.17) is 0 Å². The fourth-order valence-electron chi connectivity index (χ4n) is 2.20. The highest BCUT2D eigenvalue weighted by molar-refractivity contribution is 7.77. The standard InChI is InChI=1S/C13H14NO2PS/c15-17(16,10-6-2-1-3-7-10)13-14-11-8-4-5-9-12(11)18-13/h1-3,6-7H,4-5,8-9H2,(H,15,16)/p-1. The fourth-order valence-corrected chi connectivity index (χ4v) is 5.25. The monoisotopic (exact) mass is 278 g/mol. The Morgan fingerprint density at radius 1 is 1.17 bits per heavy atom. The molecule has 3 rings (SSSR count). The zero-order valence-corrected chi connectivity index (χ0v) is 11.5. The van der Waals surface area contributed by atoms with Gasteiger partial charge in [-0.25, -0.2) is 4.98 Å². The van der Waals surface area contributed by atoms with E-state index in [-0.39, 0.29) is 4.75 Å².